The van der Waals surface area contributed by atoms with Gasteiger partial charge in [-0.3, -0.25) is 14.4 Å². The first-order valence-corrected chi connectivity index (χ1v) is 28.9. The average molecular weight is 972 g/mol. The predicted molar refractivity (Wildman–Crippen MR) is 302 cm³/mol. The van der Waals surface area contributed by atoms with Gasteiger partial charge in [0.05, 0.1) is 0 Å². The van der Waals surface area contributed by atoms with E-state index in [9.17, 15) is 14.4 Å². The number of rotatable bonds is 51. The summed E-state index contributed by atoms with van der Waals surface area (Å²) in [6.07, 6.45) is 78.0. The minimum absolute atomic E-state index is 0.0967. The Balaban J connectivity index is 4.39. The van der Waals surface area contributed by atoms with Crippen LogP contribution in [0.2, 0.25) is 0 Å². The largest absolute Gasteiger partial charge is 0.462 e. The average Bonchev–Trinajstić information content (AvgIpc) is 3.36. The van der Waals surface area contributed by atoms with Crippen molar-refractivity contribution >= 4 is 17.9 Å². The van der Waals surface area contributed by atoms with Crippen molar-refractivity contribution in [1.82, 2.24) is 0 Å². The second-order valence-corrected chi connectivity index (χ2v) is 18.8. The van der Waals surface area contributed by atoms with Crippen LogP contribution in [-0.2, 0) is 28.6 Å². The lowest BCUT2D eigenvalue weighted by molar-refractivity contribution is -0.167. The third-order valence-electron chi connectivity index (χ3n) is 12.0. The summed E-state index contributed by atoms with van der Waals surface area (Å²) in [5.41, 5.74) is 0. The van der Waals surface area contributed by atoms with Crippen molar-refractivity contribution in [3.8, 4) is 0 Å². The monoisotopic (exact) mass is 971 g/mol. The van der Waals surface area contributed by atoms with E-state index in [4.69, 9.17) is 14.2 Å². The standard InChI is InChI=1S/C64H106O6/c1-4-7-10-13-16-19-22-25-27-29-30-31-32-33-34-35-37-39-42-45-48-51-54-57-63(66)69-60-61(59-68-62(65)56-53-50-47-44-41-38-24-21-18-15-12-9-6-3)70-64(67)58-55-52-49-46-43-40-36-28-26-23-20-17-14-11-8-5-2/h7,9-10,12,16,18-21,23,25,27-28,30-31,36,38,41,61H,4-6,8,11,13-15,17,22,24,26,29,32-35,37,39-40,42-60H2,1-3H3/b10-7-,12-9-,19-16-,21-18-,23-20-,27-25-,31-30-,36-28-,41-38-. The SMILES string of the molecule is CC/C=C\C/C=C\C/C=C\C/C=C\CCCCCCCCCCCCC(=O)OCC(COC(=O)CCCCC/C=C\C/C=C\C/C=C\CC)OC(=O)CCCCCCC/C=C\C/C=C\CCCCCC. The van der Waals surface area contributed by atoms with Gasteiger partial charge in [-0.25, -0.2) is 0 Å². The number of allylic oxidation sites excluding steroid dienone is 18. The van der Waals surface area contributed by atoms with Crippen LogP contribution < -0.4 is 0 Å². The molecule has 70 heavy (non-hydrogen) atoms. The first-order valence-electron chi connectivity index (χ1n) is 28.9. The third kappa shape index (κ3) is 55.0. The highest BCUT2D eigenvalue weighted by Crippen LogP contribution is 2.14. The summed E-state index contributed by atoms with van der Waals surface area (Å²) in [6, 6.07) is 0. The van der Waals surface area contributed by atoms with Crippen LogP contribution in [0.4, 0.5) is 0 Å². The van der Waals surface area contributed by atoms with Crippen LogP contribution in [-0.4, -0.2) is 37.2 Å². The Morgan fingerprint density at radius 1 is 0.300 bits per heavy atom. The Morgan fingerprint density at radius 2 is 0.557 bits per heavy atom. The van der Waals surface area contributed by atoms with E-state index in [1.165, 1.54) is 83.5 Å². The number of unbranched alkanes of at least 4 members (excludes halogenated alkanes) is 22. The van der Waals surface area contributed by atoms with Crippen LogP contribution in [0.15, 0.2) is 109 Å². The molecule has 0 N–H and O–H groups in total. The second-order valence-electron chi connectivity index (χ2n) is 18.8. The van der Waals surface area contributed by atoms with Gasteiger partial charge in [0.25, 0.3) is 0 Å². The number of carbonyl (C=O) groups is 3. The van der Waals surface area contributed by atoms with Gasteiger partial charge in [-0.15, -0.1) is 0 Å². The smallest absolute Gasteiger partial charge is 0.306 e. The zero-order valence-electron chi connectivity index (χ0n) is 45.5. The summed E-state index contributed by atoms with van der Waals surface area (Å²) in [5.74, 6) is -0.944. The normalized spacial score (nSPS) is 12.9. The van der Waals surface area contributed by atoms with Crippen LogP contribution >= 0.6 is 0 Å². The maximum atomic E-state index is 12.8. The summed E-state index contributed by atoms with van der Waals surface area (Å²) in [4.78, 5) is 38.1. The van der Waals surface area contributed by atoms with Crippen molar-refractivity contribution in [2.75, 3.05) is 13.2 Å². The molecule has 0 saturated heterocycles. The van der Waals surface area contributed by atoms with Crippen molar-refractivity contribution in [2.45, 2.75) is 264 Å². The molecule has 0 aliphatic carbocycles. The van der Waals surface area contributed by atoms with Crippen molar-refractivity contribution in [1.29, 1.82) is 0 Å². The maximum absolute atomic E-state index is 12.8. The molecular weight excluding hydrogens is 865 g/mol. The highest BCUT2D eigenvalue weighted by molar-refractivity contribution is 5.71. The topological polar surface area (TPSA) is 78.9 Å². The van der Waals surface area contributed by atoms with E-state index in [1.54, 1.807) is 0 Å². The fourth-order valence-electron chi connectivity index (χ4n) is 7.71. The van der Waals surface area contributed by atoms with E-state index >= 15 is 0 Å². The van der Waals surface area contributed by atoms with E-state index in [0.29, 0.717) is 19.3 Å². The summed E-state index contributed by atoms with van der Waals surface area (Å²) in [5, 5.41) is 0. The Morgan fingerprint density at radius 3 is 0.886 bits per heavy atom. The van der Waals surface area contributed by atoms with Gasteiger partial charge >= 0.3 is 17.9 Å². The molecule has 0 aromatic carbocycles. The fourth-order valence-corrected chi connectivity index (χ4v) is 7.71. The Kier molecular flexibility index (Phi) is 54.4. The molecule has 6 nitrogen and oxygen atoms in total. The number of hydrogen-bond donors (Lipinski definition) is 0. The highest BCUT2D eigenvalue weighted by atomic mass is 16.6. The number of hydrogen-bond acceptors (Lipinski definition) is 6. The van der Waals surface area contributed by atoms with E-state index in [-0.39, 0.29) is 31.1 Å². The zero-order valence-corrected chi connectivity index (χ0v) is 45.5. The summed E-state index contributed by atoms with van der Waals surface area (Å²) in [6.45, 7) is 6.36. The molecule has 0 aromatic rings. The lowest BCUT2D eigenvalue weighted by Gasteiger charge is -2.18. The molecule has 0 aliphatic rings. The fraction of sp³-hybridized carbons (Fsp3) is 0.672. The predicted octanol–water partition coefficient (Wildman–Crippen LogP) is 19.5. The number of carbonyl (C=O) groups excluding carboxylic acids is 3. The molecule has 0 spiro atoms. The zero-order chi connectivity index (χ0) is 50.7. The van der Waals surface area contributed by atoms with Gasteiger partial charge in [-0.2, -0.15) is 0 Å². The Labute approximate surface area is 431 Å². The van der Waals surface area contributed by atoms with Crippen molar-refractivity contribution < 1.29 is 28.6 Å². The molecule has 1 atom stereocenters. The molecule has 0 amide bonds. The lowest BCUT2D eigenvalue weighted by Crippen LogP contribution is -2.30. The molecule has 0 aromatic heterocycles. The van der Waals surface area contributed by atoms with Crippen LogP contribution in [0.1, 0.15) is 258 Å². The molecule has 0 bridgehead atoms. The molecule has 0 fully saturated rings. The van der Waals surface area contributed by atoms with E-state index in [2.05, 4.69) is 130 Å². The van der Waals surface area contributed by atoms with Gasteiger partial charge in [-0.05, 0) is 122 Å². The number of esters is 3. The molecule has 0 aliphatic heterocycles. The van der Waals surface area contributed by atoms with Crippen LogP contribution in [0, 0.1) is 0 Å². The minimum atomic E-state index is -0.801. The Bertz CT molecular complexity index is 1440. The summed E-state index contributed by atoms with van der Waals surface area (Å²) in [7, 11) is 0. The molecule has 0 radical (unpaired) electrons. The first-order chi connectivity index (χ1) is 34.5. The quantitative estimate of drug-likeness (QED) is 0.0262. The van der Waals surface area contributed by atoms with Gasteiger partial charge in [0.1, 0.15) is 13.2 Å². The second kappa shape index (κ2) is 57.6. The van der Waals surface area contributed by atoms with Crippen LogP contribution in [0.25, 0.3) is 0 Å². The van der Waals surface area contributed by atoms with Crippen molar-refractivity contribution in [3.05, 3.63) is 109 Å². The minimum Gasteiger partial charge on any atom is -0.462 e. The summed E-state index contributed by atoms with van der Waals surface area (Å²) >= 11 is 0. The Hall–Kier alpha value is -3.93. The third-order valence-corrected chi connectivity index (χ3v) is 12.0. The maximum Gasteiger partial charge on any atom is 0.306 e. The van der Waals surface area contributed by atoms with Crippen LogP contribution in [0.3, 0.4) is 0 Å². The van der Waals surface area contributed by atoms with Gasteiger partial charge in [0, 0.05) is 19.3 Å². The molecule has 1 unspecified atom stereocenters. The van der Waals surface area contributed by atoms with Gasteiger partial charge in [0.15, 0.2) is 6.10 Å². The van der Waals surface area contributed by atoms with Crippen molar-refractivity contribution in [3.63, 3.8) is 0 Å². The van der Waals surface area contributed by atoms with Crippen molar-refractivity contribution in [2.24, 2.45) is 0 Å². The molecule has 398 valence electrons. The highest BCUT2D eigenvalue weighted by Gasteiger charge is 2.19. The summed E-state index contributed by atoms with van der Waals surface area (Å²) < 4.78 is 16.8. The number of ether oxygens (including phenoxy) is 3. The van der Waals surface area contributed by atoms with Gasteiger partial charge in [-0.1, -0.05) is 226 Å². The van der Waals surface area contributed by atoms with Gasteiger partial charge < -0.3 is 14.2 Å². The first kappa shape index (κ1) is 66.1. The molecule has 0 saturated carbocycles. The van der Waals surface area contributed by atoms with E-state index in [1.807, 2.05) is 0 Å². The molecular formula is C64H106O6. The molecule has 0 rings (SSSR count). The molecule has 0 heterocycles. The van der Waals surface area contributed by atoms with E-state index in [0.717, 1.165) is 135 Å². The lowest BCUT2D eigenvalue weighted by atomic mass is 10.1. The van der Waals surface area contributed by atoms with Gasteiger partial charge in [0.2, 0.25) is 0 Å². The van der Waals surface area contributed by atoms with E-state index < -0.39 is 6.10 Å². The molecule has 6 heteroatoms. The van der Waals surface area contributed by atoms with Crippen LogP contribution in [0.5, 0.6) is 0 Å².